The lowest BCUT2D eigenvalue weighted by atomic mass is 9.44. The van der Waals surface area contributed by atoms with Crippen molar-refractivity contribution >= 4 is 0 Å². The summed E-state index contributed by atoms with van der Waals surface area (Å²) in [4.78, 5) is 3.11. The van der Waals surface area contributed by atoms with Gasteiger partial charge < -0.3 is 4.90 Å². The molecule has 64 heavy (non-hydrogen) atoms. The molecular weight excluding hydrogens is 771 g/mol. The van der Waals surface area contributed by atoms with E-state index in [1.165, 1.54) is 257 Å². The van der Waals surface area contributed by atoms with Crippen LogP contribution in [0.5, 0.6) is 0 Å². The van der Waals surface area contributed by atoms with Crippen molar-refractivity contribution in [1.82, 2.24) is 4.90 Å². The molecule has 0 heterocycles. The maximum atomic E-state index is 3.11. The molecule has 1 heteroatoms. The highest BCUT2D eigenvalue weighted by Crippen LogP contribution is 2.68. The summed E-state index contributed by atoms with van der Waals surface area (Å²) in [5.41, 5.74) is 1.26. The van der Waals surface area contributed by atoms with Crippen molar-refractivity contribution in [2.75, 3.05) is 13.1 Å². The van der Waals surface area contributed by atoms with Gasteiger partial charge in [0.2, 0.25) is 0 Å². The molecule has 0 aliphatic heterocycles. The van der Waals surface area contributed by atoms with Crippen LogP contribution in [0.4, 0.5) is 0 Å². The zero-order valence-corrected chi connectivity index (χ0v) is 45.6. The lowest BCUT2D eigenvalue weighted by Crippen LogP contribution is -2.55. The molecule has 0 saturated heterocycles. The van der Waals surface area contributed by atoms with Crippen molar-refractivity contribution in [3.63, 3.8) is 0 Å². The molecule has 4 saturated carbocycles. The Kier molecular flexibility index (Phi) is 29.6. The number of rotatable bonds is 40. The molecule has 0 aromatic heterocycles. The number of fused-ring (bicyclic) bond motifs is 5. The van der Waals surface area contributed by atoms with E-state index >= 15 is 0 Å². The van der Waals surface area contributed by atoms with E-state index < -0.39 is 0 Å². The molecule has 0 radical (unpaired) electrons. The van der Waals surface area contributed by atoms with Gasteiger partial charge >= 0.3 is 0 Å². The first-order valence-electron chi connectivity index (χ1n) is 31.0. The van der Waals surface area contributed by atoms with Gasteiger partial charge in [0.1, 0.15) is 0 Å². The SMILES string of the molecule is CCCCCCCCCCCCCCCCCCN(CCCCCCCCCCCCCCCCCC)C1CCC2(C)C(CCC3C2CCC2(C)C(C(C)CCCC(C)C)CCC32)C1. The molecule has 0 amide bonds. The molecular formula is C63H121N. The molecule has 1 nitrogen and oxygen atoms in total. The van der Waals surface area contributed by atoms with E-state index in [4.69, 9.17) is 0 Å². The molecule has 9 unspecified atom stereocenters. The predicted octanol–water partition coefficient (Wildman–Crippen LogP) is 21.3. The molecule has 4 aliphatic rings. The summed E-state index contributed by atoms with van der Waals surface area (Å²) < 4.78 is 0. The zero-order valence-electron chi connectivity index (χ0n) is 45.6. The molecule has 4 rings (SSSR count). The first-order valence-corrected chi connectivity index (χ1v) is 31.0. The van der Waals surface area contributed by atoms with Crippen LogP contribution >= 0.6 is 0 Å². The van der Waals surface area contributed by atoms with E-state index in [0.717, 1.165) is 47.5 Å². The first kappa shape index (κ1) is 56.5. The maximum Gasteiger partial charge on any atom is 0.00983 e. The highest BCUT2D eigenvalue weighted by Gasteiger charge is 2.60. The molecule has 4 aliphatic carbocycles. The van der Waals surface area contributed by atoms with Gasteiger partial charge in [0.15, 0.2) is 0 Å². The normalized spacial score (nSPS) is 28.5. The van der Waals surface area contributed by atoms with Crippen LogP contribution in [0.3, 0.4) is 0 Å². The van der Waals surface area contributed by atoms with E-state index in [0.29, 0.717) is 10.8 Å². The zero-order chi connectivity index (χ0) is 45.7. The molecule has 0 bridgehead atoms. The highest BCUT2D eigenvalue weighted by atomic mass is 15.2. The summed E-state index contributed by atoms with van der Waals surface area (Å²) in [7, 11) is 0. The fourth-order valence-electron chi connectivity index (χ4n) is 15.8. The van der Waals surface area contributed by atoms with Gasteiger partial charge in [0, 0.05) is 6.04 Å². The Labute approximate surface area is 405 Å². The van der Waals surface area contributed by atoms with Gasteiger partial charge in [-0.25, -0.2) is 0 Å². The van der Waals surface area contributed by atoms with Crippen LogP contribution in [-0.2, 0) is 0 Å². The van der Waals surface area contributed by atoms with E-state index in [1.54, 1.807) is 38.5 Å². The first-order chi connectivity index (χ1) is 31.2. The summed E-state index contributed by atoms with van der Waals surface area (Å²) in [5.74, 6) is 6.87. The Morgan fingerprint density at radius 3 is 1.25 bits per heavy atom. The highest BCUT2D eigenvalue weighted by molar-refractivity contribution is 5.10. The van der Waals surface area contributed by atoms with Crippen LogP contribution in [0.1, 0.15) is 331 Å². The Morgan fingerprint density at radius 1 is 0.406 bits per heavy atom. The summed E-state index contributed by atoms with van der Waals surface area (Å²) >= 11 is 0. The van der Waals surface area contributed by atoms with E-state index in [-0.39, 0.29) is 0 Å². The third-order valence-electron chi connectivity index (χ3n) is 20.0. The molecule has 378 valence electrons. The van der Waals surface area contributed by atoms with Gasteiger partial charge in [-0.15, -0.1) is 0 Å². The molecule has 0 spiro atoms. The number of nitrogens with zero attached hydrogens (tertiary/aromatic N) is 1. The quantitative estimate of drug-likeness (QED) is 0.0554. The van der Waals surface area contributed by atoms with Crippen molar-refractivity contribution in [3.8, 4) is 0 Å². The van der Waals surface area contributed by atoms with Crippen molar-refractivity contribution in [3.05, 3.63) is 0 Å². The van der Waals surface area contributed by atoms with E-state index in [9.17, 15) is 0 Å². The summed E-state index contributed by atoms with van der Waals surface area (Å²) in [6.07, 6.45) is 65.4. The molecule has 0 aromatic carbocycles. The second-order valence-corrected chi connectivity index (χ2v) is 25.3. The maximum absolute atomic E-state index is 3.11. The second kappa shape index (κ2) is 33.5. The lowest BCUT2D eigenvalue weighted by Gasteiger charge is -2.62. The van der Waals surface area contributed by atoms with Crippen molar-refractivity contribution in [1.29, 1.82) is 0 Å². The van der Waals surface area contributed by atoms with Gasteiger partial charge in [0.05, 0.1) is 0 Å². The average Bonchev–Trinajstić information content (AvgIpc) is 3.65. The number of unbranched alkanes of at least 4 members (excludes halogenated alkanes) is 30. The number of hydrogen-bond donors (Lipinski definition) is 0. The average molecular weight is 893 g/mol. The van der Waals surface area contributed by atoms with E-state index in [2.05, 4.69) is 53.4 Å². The molecule has 0 N–H and O–H groups in total. The Morgan fingerprint density at radius 2 is 0.812 bits per heavy atom. The van der Waals surface area contributed by atoms with Crippen LogP contribution < -0.4 is 0 Å². The van der Waals surface area contributed by atoms with Crippen molar-refractivity contribution in [2.45, 2.75) is 337 Å². The van der Waals surface area contributed by atoms with Gasteiger partial charge in [0.25, 0.3) is 0 Å². The lowest BCUT2D eigenvalue weighted by molar-refractivity contribution is -0.124. The van der Waals surface area contributed by atoms with Crippen LogP contribution in [0.2, 0.25) is 0 Å². The number of hydrogen-bond acceptors (Lipinski definition) is 1. The predicted molar refractivity (Wildman–Crippen MR) is 288 cm³/mol. The minimum Gasteiger partial charge on any atom is -0.300 e. The van der Waals surface area contributed by atoms with Crippen molar-refractivity contribution < 1.29 is 0 Å². The Hall–Kier alpha value is -0.0400. The standard InChI is InChI=1S/C63H121N/c1-8-10-12-14-16-18-20-22-24-26-28-30-32-34-36-38-51-64(52-39-37-35-33-31-29-27-25-23-21-19-17-15-13-11-9-2)57-47-49-62(6)56(53-57)43-44-58-60-46-45-59(55(5)42-40-41-54(3)4)63(60,7)50-48-61(58)62/h54-61H,8-53H2,1-7H3. The van der Waals surface area contributed by atoms with Crippen LogP contribution in [0, 0.1) is 52.3 Å². The third kappa shape index (κ3) is 19.8. The molecule has 0 aromatic rings. The second-order valence-electron chi connectivity index (χ2n) is 25.3. The van der Waals surface area contributed by atoms with Gasteiger partial charge in [-0.05, 0) is 136 Å². The summed E-state index contributed by atoms with van der Waals surface area (Å²) in [6.45, 7) is 20.6. The van der Waals surface area contributed by atoms with Crippen LogP contribution in [-0.4, -0.2) is 24.0 Å². The third-order valence-corrected chi connectivity index (χ3v) is 20.0. The Bertz CT molecular complexity index is 1060. The minimum atomic E-state index is 0.621. The van der Waals surface area contributed by atoms with Gasteiger partial charge in [-0.3, -0.25) is 0 Å². The summed E-state index contributed by atoms with van der Waals surface area (Å²) in [5, 5.41) is 0. The molecule has 4 fully saturated rings. The summed E-state index contributed by atoms with van der Waals surface area (Å²) in [6, 6.07) is 0.874. The van der Waals surface area contributed by atoms with Crippen molar-refractivity contribution in [2.24, 2.45) is 52.3 Å². The smallest absolute Gasteiger partial charge is 0.00983 e. The van der Waals surface area contributed by atoms with E-state index in [1.807, 2.05) is 0 Å². The Balaban J connectivity index is 1.17. The topological polar surface area (TPSA) is 3.24 Å². The van der Waals surface area contributed by atoms with Gasteiger partial charge in [-0.1, -0.05) is 260 Å². The largest absolute Gasteiger partial charge is 0.300 e. The van der Waals surface area contributed by atoms with Gasteiger partial charge in [-0.2, -0.15) is 0 Å². The molecule has 9 atom stereocenters. The minimum absolute atomic E-state index is 0.621. The fraction of sp³-hybridized carbons (Fsp3) is 1.00. The van der Waals surface area contributed by atoms with Crippen LogP contribution in [0.15, 0.2) is 0 Å². The van der Waals surface area contributed by atoms with Crippen LogP contribution in [0.25, 0.3) is 0 Å². The monoisotopic (exact) mass is 892 g/mol. The fourth-order valence-corrected chi connectivity index (χ4v) is 15.8.